The van der Waals surface area contributed by atoms with Crippen molar-refractivity contribution in [1.82, 2.24) is 4.98 Å². The molecule has 1 unspecified atom stereocenters. The molecule has 0 saturated carbocycles. The SMILES string of the molecule is Cc1cnc(N)c(C(N)CN)c1. The van der Waals surface area contributed by atoms with Crippen molar-refractivity contribution in [1.29, 1.82) is 0 Å². The molecule has 4 nitrogen and oxygen atoms in total. The largest absolute Gasteiger partial charge is 0.383 e. The zero-order valence-electron chi connectivity index (χ0n) is 7.12. The van der Waals surface area contributed by atoms with Gasteiger partial charge in [-0.1, -0.05) is 0 Å². The first kappa shape index (κ1) is 8.96. The van der Waals surface area contributed by atoms with Crippen LogP contribution in [0.15, 0.2) is 12.3 Å². The monoisotopic (exact) mass is 166 g/mol. The highest BCUT2D eigenvalue weighted by molar-refractivity contribution is 5.42. The van der Waals surface area contributed by atoms with Crippen molar-refractivity contribution in [3.05, 3.63) is 23.4 Å². The van der Waals surface area contributed by atoms with Gasteiger partial charge in [0.25, 0.3) is 0 Å². The zero-order valence-corrected chi connectivity index (χ0v) is 7.12. The number of nitrogen functional groups attached to an aromatic ring is 1. The number of aromatic nitrogens is 1. The van der Waals surface area contributed by atoms with Crippen LogP contribution in [0.4, 0.5) is 5.82 Å². The molecular formula is C8H14N4. The molecule has 1 atom stereocenters. The van der Waals surface area contributed by atoms with Crippen molar-refractivity contribution >= 4 is 5.82 Å². The Morgan fingerprint density at radius 2 is 2.25 bits per heavy atom. The molecule has 6 N–H and O–H groups in total. The summed E-state index contributed by atoms with van der Waals surface area (Å²) in [6, 6.07) is 1.71. The van der Waals surface area contributed by atoms with Gasteiger partial charge < -0.3 is 17.2 Å². The number of hydrogen-bond acceptors (Lipinski definition) is 4. The number of pyridine rings is 1. The van der Waals surface area contributed by atoms with Crippen LogP contribution in [0.3, 0.4) is 0 Å². The van der Waals surface area contributed by atoms with E-state index >= 15 is 0 Å². The molecule has 12 heavy (non-hydrogen) atoms. The van der Waals surface area contributed by atoms with Crippen LogP contribution in [0.25, 0.3) is 0 Å². The molecule has 0 aliphatic rings. The molecule has 0 spiro atoms. The maximum Gasteiger partial charge on any atom is 0.128 e. The molecule has 0 saturated heterocycles. The molecule has 1 heterocycles. The lowest BCUT2D eigenvalue weighted by Gasteiger charge is -2.11. The summed E-state index contributed by atoms with van der Waals surface area (Å²) in [5.74, 6) is 0.471. The lowest BCUT2D eigenvalue weighted by molar-refractivity contribution is 0.735. The van der Waals surface area contributed by atoms with E-state index in [-0.39, 0.29) is 6.04 Å². The summed E-state index contributed by atoms with van der Waals surface area (Å²) in [7, 11) is 0. The Hall–Kier alpha value is -1.13. The third kappa shape index (κ3) is 1.72. The zero-order chi connectivity index (χ0) is 9.14. The fourth-order valence-corrected chi connectivity index (χ4v) is 1.03. The van der Waals surface area contributed by atoms with Crippen molar-refractivity contribution in [2.75, 3.05) is 12.3 Å². The number of nitrogens with zero attached hydrogens (tertiary/aromatic N) is 1. The van der Waals surface area contributed by atoms with Gasteiger partial charge in [-0.15, -0.1) is 0 Å². The van der Waals surface area contributed by atoms with Gasteiger partial charge in [-0.05, 0) is 18.6 Å². The molecule has 1 aromatic heterocycles. The van der Waals surface area contributed by atoms with Gasteiger partial charge in [0.05, 0.1) is 0 Å². The van der Waals surface area contributed by atoms with Gasteiger partial charge in [0, 0.05) is 24.3 Å². The summed E-state index contributed by atoms with van der Waals surface area (Å²) in [6.45, 7) is 2.33. The van der Waals surface area contributed by atoms with Gasteiger partial charge in [0.15, 0.2) is 0 Å². The molecule has 1 rings (SSSR count). The summed E-state index contributed by atoms with van der Waals surface area (Å²) < 4.78 is 0. The normalized spacial score (nSPS) is 12.9. The predicted octanol–water partition coefficient (Wildman–Crippen LogP) is -0.0693. The summed E-state index contributed by atoms with van der Waals surface area (Å²) in [5.41, 5.74) is 18.6. The smallest absolute Gasteiger partial charge is 0.128 e. The molecule has 4 heteroatoms. The molecule has 0 amide bonds. The van der Waals surface area contributed by atoms with Gasteiger partial charge in [-0.25, -0.2) is 4.98 Å². The molecule has 0 aliphatic carbocycles. The summed E-state index contributed by atoms with van der Waals surface area (Å²) in [5, 5.41) is 0. The second kappa shape index (κ2) is 3.51. The van der Waals surface area contributed by atoms with E-state index in [2.05, 4.69) is 4.98 Å². The van der Waals surface area contributed by atoms with Gasteiger partial charge in [-0.2, -0.15) is 0 Å². The van der Waals surface area contributed by atoms with E-state index in [0.29, 0.717) is 12.4 Å². The number of rotatable bonds is 2. The lowest BCUT2D eigenvalue weighted by atomic mass is 10.1. The highest BCUT2D eigenvalue weighted by Crippen LogP contribution is 2.16. The summed E-state index contributed by atoms with van der Waals surface area (Å²) in [6.07, 6.45) is 1.71. The fraction of sp³-hybridized carbons (Fsp3) is 0.375. The first-order valence-corrected chi connectivity index (χ1v) is 3.83. The Morgan fingerprint density at radius 3 is 2.83 bits per heavy atom. The van der Waals surface area contributed by atoms with Gasteiger partial charge >= 0.3 is 0 Å². The van der Waals surface area contributed by atoms with Crippen LogP contribution in [-0.4, -0.2) is 11.5 Å². The van der Waals surface area contributed by atoms with Crippen molar-refractivity contribution in [2.24, 2.45) is 11.5 Å². The molecule has 66 valence electrons. The second-order valence-electron chi connectivity index (χ2n) is 2.83. The van der Waals surface area contributed by atoms with E-state index in [1.807, 2.05) is 13.0 Å². The molecular weight excluding hydrogens is 152 g/mol. The van der Waals surface area contributed by atoms with Crippen LogP contribution in [0.2, 0.25) is 0 Å². The minimum Gasteiger partial charge on any atom is -0.383 e. The predicted molar refractivity (Wildman–Crippen MR) is 49.4 cm³/mol. The van der Waals surface area contributed by atoms with E-state index in [1.165, 1.54) is 0 Å². The number of hydrogen-bond donors (Lipinski definition) is 3. The number of aryl methyl sites for hydroxylation is 1. The summed E-state index contributed by atoms with van der Waals surface area (Å²) >= 11 is 0. The van der Waals surface area contributed by atoms with E-state index in [9.17, 15) is 0 Å². The third-order valence-corrected chi connectivity index (χ3v) is 1.74. The molecule has 0 aromatic carbocycles. The minimum absolute atomic E-state index is 0.211. The number of nitrogens with two attached hydrogens (primary N) is 3. The Bertz CT molecular complexity index is 272. The van der Waals surface area contributed by atoms with Gasteiger partial charge in [-0.3, -0.25) is 0 Å². The van der Waals surface area contributed by atoms with Crippen molar-refractivity contribution in [3.8, 4) is 0 Å². The lowest BCUT2D eigenvalue weighted by Crippen LogP contribution is -2.22. The Morgan fingerprint density at radius 1 is 1.58 bits per heavy atom. The van der Waals surface area contributed by atoms with E-state index in [1.54, 1.807) is 6.20 Å². The van der Waals surface area contributed by atoms with Crippen LogP contribution in [0.5, 0.6) is 0 Å². The van der Waals surface area contributed by atoms with Crippen LogP contribution in [0.1, 0.15) is 17.2 Å². The van der Waals surface area contributed by atoms with Crippen LogP contribution in [0, 0.1) is 6.92 Å². The van der Waals surface area contributed by atoms with Crippen LogP contribution >= 0.6 is 0 Å². The maximum atomic E-state index is 5.72. The summed E-state index contributed by atoms with van der Waals surface area (Å²) in [4.78, 5) is 3.99. The second-order valence-corrected chi connectivity index (χ2v) is 2.83. The maximum absolute atomic E-state index is 5.72. The highest BCUT2D eigenvalue weighted by Gasteiger charge is 2.08. The molecule has 0 aliphatic heterocycles. The highest BCUT2D eigenvalue weighted by atomic mass is 14.8. The quantitative estimate of drug-likeness (QED) is 0.573. The van der Waals surface area contributed by atoms with E-state index in [4.69, 9.17) is 17.2 Å². The van der Waals surface area contributed by atoms with Crippen molar-refractivity contribution < 1.29 is 0 Å². The average Bonchev–Trinajstić information content (AvgIpc) is 2.08. The molecule has 0 bridgehead atoms. The van der Waals surface area contributed by atoms with E-state index in [0.717, 1.165) is 11.1 Å². The first-order valence-electron chi connectivity index (χ1n) is 3.83. The number of anilines is 1. The average molecular weight is 166 g/mol. The topological polar surface area (TPSA) is 90.9 Å². The Balaban J connectivity index is 3.04. The standard InChI is InChI=1S/C8H14N4/c1-5-2-6(7(10)3-9)8(11)12-4-5/h2,4,7H,3,9-10H2,1H3,(H2,11,12). The first-order chi connectivity index (χ1) is 5.65. The molecule has 0 radical (unpaired) electrons. The van der Waals surface area contributed by atoms with Gasteiger partial charge in [0.1, 0.15) is 5.82 Å². The minimum atomic E-state index is -0.211. The fourth-order valence-electron chi connectivity index (χ4n) is 1.03. The van der Waals surface area contributed by atoms with Crippen LogP contribution < -0.4 is 17.2 Å². The van der Waals surface area contributed by atoms with E-state index < -0.39 is 0 Å². The van der Waals surface area contributed by atoms with Crippen molar-refractivity contribution in [2.45, 2.75) is 13.0 Å². The third-order valence-electron chi connectivity index (χ3n) is 1.74. The van der Waals surface area contributed by atoms with Crippen molar-refractivity contribution in [3.63, 3.8) is 0 Å². The van der Waals surface area contributed by atoms with Crippen LogP contribution in [-0.2, 0) is 0 Å². The molecule has 0 fully saturated rings. The Kier molecular flexibility index (Phi) is 2.62. The molecule has 1 aromatic rings. The Labute approximate surface area is 71.8 Å². The van der Waals surface area contributed by atoms with Gasteiger partial charge in [0.2, 0.25) is 0 Å².